The molecule has 0 fully saturated rings. The quantitative estimate of drug-likeness (QED) is 0.597. The monoisotopic (exact) mass is 281 g/mol. The number of aromatic nitrogens is 2. The van der Waals surface area contributed by atoms with Crippen LogP contribution in [0.15, 0.2) is 5.16 Å². The van der Waals surface area contributed by atoms with Gasteiger partial charge in [-0.2, -0.15) is 13.2 Å². The zero-order valence-corrected chi connectivity index (χ0v) is 12.4. The molecule has 1 heterocycles. The fourth-order valence-corrected chi connectivity index (χ4v) is 3.27. The second kappa shape index (κ2) is 5.15. The van der Waals surface area contributed by atoms with Crippen LogP contribution in [-0.2, 0) is 0 Å². The second-order valence-electron chi connectivity index (χ2n) is 4.93. The van der Waals surface area contributed by atoms with Gasteiger partial charge in [0.25, 0.3) is 0 Å². The summed E-state index contributed by atoms with van der Waals surface area (Å²) in [5.74, 6) is 0. The number of hydrogen-bond donors (Lipinski definition) is 0. The van der Waals surface area contributed by atoms with Crippen LogP contribution in [0.5, 0.6) is 0 Å². The van der Waals surface area contributed by atoms with E-state index in [4.69, 9.17) is 0 Å². The Labute approximate surface area is 110 Å². The summed E-state index contributed by atoms with van der Waals surface area (Å²) in [6, 6.07) is 0.0158. The Balaban J connectivity index is 3.47. The molecule has 104 valence electrons. The summed E-state index contributed by atoms with van der Waals surface area (Å²) in [7, 11) is 0. The molecule has 6 heteroatoms. The summed E-state index contributed by atoms with van der Waals surface area (Å²) in [5.41, 5.74) is -2.48. The van der Waals surface area contributed by atoms with Gasteiger partial charge in [-0.3, -0.25) is 0 Å². The molecule has 0 aliphatic rings. The molecule has 0 aromatic carbocycles. The fourth-order valence-electron chi connectivity index (χ4n) is 2.17. The van der Waals surface area contributed by atoms with Crippen LogP contribution < -0.4 is 4.57 Å². The van der Waals surface area contributed by atoms with E-state index in [1.54, 1.807) is 9.13 Å². The van der Waals surface area contributed by atoms with Crippen LogP contribution >= 0.6 is 11.8 Å². The highest BCUT2D eigenvalue weighted by Gasteiger charge is 2.40. The molecule has 2 nitrogen and oxygen atoms in total. The fraction of sp³-hybridized carbons (Fsp3) is 0.750. The third-order valence-electron chi connectivity index (χ3n) is 2.90. The molecule has 0 unspecified atom stereocenters. The molecular weight excluding hydrogens is 261 g/mol. The van der Waals surface area contributed by atoms with Gasteiger partial charge in [-0.1, -0.05) is 0 Å². The molecule has 0 N–H and O–H groups in total. The number of hydrogen-bond acceptors (Lipinski definition) is 1. The topological polar surface area (TPSA) is 8.81 Å². The molecule has 0 bridgehead atoms. The van der Waals surface area contributed by atoms with Crippen molar-refractivity contribution in [2.24, 2.45) is 0 Å². The number of alkyl halides is 3. The minimum Gasteiger partial charge on any atom is -0.219 e. The summed E-state index contributed by atoms with van der Waals surface area (Å²) in [4.78, 5) is 0. The van der Waals surface area contributed by atoms with Crippen LogP contribution in [0.25, 0.3) is 0 Å². The average Bonchev–Trinajstić information content (AvgIpc) is 2.35. The Bertz CT molecular complexity index is 402. The van der Waals surface area contributed by atoms with Gasteiger partial charge in [0, 0.05) is 13.8 Å². The second-order valence-corrected chi connectivity index (χ2v) is 5.96. The number of nitrogens with zero attached hydrogens (tertiary/aromatic N) is 2. The van der Waals surface area contributed by atoms with Crippen molar-refractivity contribution in [2.45, 2.75) is 64.3 Å². The largest absolute Gasteiger partial charge is 0.453 e. The smallest absolute Gasteiger partial charge is 0.219 e. The molecular formula is C12H20F3N2S+. The zero-order chi connectivity index (χ0) is 14.2. The van der Waals surface area contributed by atoms with Gasteiger partial charge in [0.15, 0.2) is 0 Å². The Morgan fingerprint density at radius 2 is 1.61 bits per heavy atom. The molecule has 0 saturated heterocycles. The Kier molecular flexibility index (Phi) is 4.41. The van der Waals surface area contributed by atoms with E-state index in [1.807, 2.05) is 41.5 Å². The normalized spacial score (nSPS) is 12.8. The first-order valence-corrected chi connectivity index (χ1v) is 6.76. The lowest BCUT2D eigenvalue weighted by molar-refractivity contribution is -0.756. The third kappa shape index (κ3) is 3.02. The number of imidazole rings is 1. The van der Waals surface area contributed by atoms with Crippen molar-refractivity contribution in [3.05, 3.63) is 11.4 Å². The highest BCUT2D eigenvalue weighted by atomic mass is 32.2. The van der Waals surface area contributed by atoms with E-state index in [9.17, 15) is 13.2 Å². The minimum absolute atomic E-state index is 0.00792. The summed E-state index contributed by atoms with van der Waals surface area (Å²) in [6.45, 7) is 11.3. The lowest BCUT2D eigenvalue weighted by Crippen LogP contribution is -2.40. The Hall–Kier alpha value is -0.650. The van der Waals surface area contributed by atoms with Gasteiger partial charge < -0.3 is 0 Å². The predicted molar refractivity (Wildman–Crippen MR) is 66.8 cm³/mol. The van der Waals surface area contributed by atoms with Crippen molar-refractivity contribution in [1.82, 2.24) is 4.57 Å². The third-order valence-corrected chi connectivity index (χ3v) is 3.71. The summed E-state index contributed by atoms with van der Waals surface area (Å²) < 4.78 is 41.6. The van der Waals surface area contributed by atoms with Gasteiger partial charge in [-0.05, 0) is 27.7 Å². The van der Waals surface area contributed by atoms with Crippen molar-refractivity contribution in [3.8, 4) is 0 Å². The molecule has 18 heavy (non-hydrogen) atoms. The van der Waals surface area contributed by atoms with E-state index < -0.39 is 5.51 Å². The molecule has 0 radical (unpaired) electrons. The van der Waals surface area contributed by atoms with E-state index in [2.05, 4.69) is 0 Å². The van der Waals surface area contributed by atoms with E-state index >= 15 is 0 Å². The number of rotatable bonds is 3. The van der Waals surface area contributed by atoms with Crippen molar-refractivity contribution in [1.29, 1.82) is 0 Å². The molecule has 0 spiro atoms. The zero-order valence-electron chi connectivity index (χ0n) is 11.6. The standard InChI is InChI=1S/C12H20F3N2S/c1-7(2)16-9(5)10(6)17(8(3)4)11(16)18-12(13,14)15/h7-8H,1-6H3/q+1. The maximum Gasteiger partial charge on any atom is 0.453 e. The molecule has 1 aromatic heterocycles. The lowest BCUT2D eigenvalue weighted by atomic mass is 10.3. The predicted octanol–water partition coefficient (Wildman–Crippen LogP) is 4.17. The minimum atomic E-state index is -4.26. The van der Waals surface area contributed by atoms with Gasteiger partial charge in [-0.25, -0.2) is 9.13 Å². The summed E-state index contributed by atoms with van der Waals surface area (Å²) in [5, 5.41) is 0.266. The van der Waals surface area contributed by atoms with Crippen molar-refractivity contribution in [3.63, 3.8) is 0 Å². The maximum atomic E-state index is 12.7. The van der Waals surface area contributed by atoms with Crippen molar-refractivity contribution in [2.75, 3.05) is 0 Å². The van der Waals surface area contributed by atoms with Gasteiger partial charge in [0.05, 0.1) is 23.8 Å². The van der Waals surface area contributed by atoms with Gasteiger partial charge in [-0.15, -0.1) is 0 Å². The van der Waals surface area contributed by atoms with Crippen LogP contribution in [0.1, 0.15) is 51.2 Å². The first-order valence-electron chi connectivity index (χ1n) is 5.95. The highest BCUT2D eigenvalue weighted by Crippen LogP contribution is 2.38. The van der Waals surface area contributed by atoms with Gasteiger partial charge >= 0.3 is 10.7 Å². The molecule has 0 aliphatic carbocycles. The van der Waals surface area contributed by atoms with E-state index in [-0.39, 0.29) is 29.0 Å². The molecule has 0 saturated carbocycles. The first kappa shape index (κ1) is 15.4. The van der Waals surface area contributed by atoms with Crippen LogP contribution in [0.4, 0.5) is 13.2 Å². The first-order chi connectivity index (χ1) is 8.06. The van der Waals surface area contributed by atoms with Gasteiger partial charge in [0.1, 0.15) is 11.4 Å². The molecule has 0 atom stereocenters. The van der Waals surface area contributed by atoms with Crippen LogP contribution in [0.3, 0.4) is 0 Å². The van der Waals surface area contributed by atoms with E-state index in [0.29, 0.717) is 0 Å². The van der Waals surface area contributed by atoms with Crippen LogP contribution in [-0.4, -0.2) is 10.1 Å². The lowest BCUT2D eigenvalue weighted by Gasteiger charge is -2.11. The average molecular weight is 281 g/mol. The molecule has 0 aliphatic heterocycles. The van der Waals surface area contributed by atoms with Crippen LogP contribution in [0, 0.1) is 13.8 Å². The molecule has 0 amide bonds. The summed E-state index contributed by atoms with van der Waals surface area (Å²) >= 11 is -0.0284. The SMILES string of the molecule is Cc1c(C)[n+](C(C)C)c(SC(F)(F)F)n1C(C)C. The van der Waals surface area contributed by atoms with E-state index in [1.165, 1.54) is 0 Å². The van der Waals surface area contributed by atoms with Crippen LogP contribution in [0.2, 0.25) is 0 Å². The van der Waals surface area contributed by atoms with Gasteiger partial charge in [0.2, 0.25) is 0 Å². The Morgan fingerprint density at radius 3 is 1.94 bits per heavy atom. The maximum absolute atomic E-state index is 12.7. The highest BCUT2D eigenvalue weighted by molar-refractivity contribution is 7.99. The summed E-state index contributed by atoms with van der Waals surface area (Å²) in [6.07, 6.45) is 0. The molecule has 1 aromatic rings. The Morgan fingerprint density at radius 1 is 1.11 bits per heavy atom. The number of thioether (sulfide) groups is 1. The number of halogens is 3. The van der Waals surface area contributed by atoms with Crippen molar-refractivity contribution < 1.29 is 17.7 Å². The van der Waals surface area contributed by atoms with E-state index in [0.717, 1.165) is 11.4 Å². The molecule has 1 rings (SSSR count). The van der Waals surface area contributed by atoms with Crippen molar-refractivity contribution >= 4 is 11.8 Å².